The van der Waals surface area contributed by atoms with E-state index in [0.717, 1.165) is 37.7 Å². The fourth-order valence-corrected chi connectivity index (χ4v) is 3.36. The highest BCUT2D eigenvalue weighted by molar-refractivity contribution is 6.30. The van der Waals surface area contributed by atoms with E-state index < -0.39 is 0 Å². The molecule has 1 aliphatic heterocycles. The molecule has 1 N–H and O–H groups in total. The molecule has 20 heavy (non-hydrogen) atoms. The van der Waals surface area contributed by atoms with E-state index in [1.54, 1.807) is 6.07 Å². The second-order valence-corrected chi connectivity index (χ2v) is 6.57. The van der Waals surface area contributed by atoms with Crippen LogP contribution in [0.3, 0.4) is 0 Å². The Morgan fingerprint density at radius 1 is 1.15 bits per heavy atom. The molecule has 1 aromatic carbocycles. The van der Waals surface area contributed by atoms with Crippen LogP contribution >= 0.6 is 11.6 Å². The minimum Gasteiger partial charge on any atom is -0.317 e. The number of piperidine rings is 1. The lowest BCUT2D eigenvalue weighted by Crippen LogP contribution is -2.37. The van der Waals surface area contributed by atoms with Gasteiger partial charge in [-0.05, 0) is 68.5 Å². The van der Waals surface area contributed by atoms with Crippen LogP contribution in [0.15, 0.2) is 18.2 Å². The van der Waals surface area contributed by atoms with E-state index in [0.29, 0.717) is 11.1 Å². The van der Waals surface area contributed by atoms with Crippen LogP contribution in [0, 0.1) is 11.7 Å². The summed E-state index contributed by atoms with van der Waals surface area (Å²) in [5, 5.41) is 3.91. The molecule has 0 spiro atoms. The normalized spacial score (nSPS) is 20.6. The molecule has 0 atom stereocenters. The average molecular weight is 297 g/mol. The maximum Gasteiger partial charge on any atom is 0.125 e. The summed E-state index contributed by atoms with van der Waals surface area (Å²) < 4.78 is 13.4. The van der Waals surface area contributed by atoms with Gasteiger partial charge in [0.1, 0.15) is 5.82 Å². The first kappa shape index (κ1) is 14.3. The standard InChI is InChI=1S/C16H22ClFN2/c17-14-7-13(8-15(18)9-14)11-20(16-1-2-16)10-12-3-5-19-6-4-12/h7-9,12,16,19H,1-6,10-11H2. The van der Waals surface area contributed by atoms with Gasteiger partial charge in [-0.2, -0.15) is 0 Å². The minimum atomic E-state index is -0.231. The highest BCUT2D eigenvalue weighted by atomic mass is 35.5. The molecule has 0 bridgehead atoms. The number of nitrogens with zero attached hydrogens (tertiary/aromatic N) is 1. The topological polar surface area (TPSA) is 15.3 Å². The summed E-state index contributed by atoms with van der Waals surface area (Å²) in [6.07, 6.45) is 5.09. The summed E-state index contributed by atoms with van der Waals surface area (Å²) in [5.74, 6) is 0.547. The largest absolute Gasteiger partial charge is 0.317 e. The molecular weight excluding hydrogens is 275 g/mol. The van der Waals surface area contributed by atoms with Crippen molar-refractivity contribution in [2.45, 2.75) is 38.3 Å². The highest BCUT2D eigenvalue weighted by Crippen LogP contribution is 2.30. The van der Waals surface area contributed by atoms with E-state index >= 15 is 0 Å². The number of benzene rings is 1. The third-order valence-corrected chi connectivity index (χ3v) is 4.54. The molecule has 4 heteroatoms. The molecule has 1 aliphatic carbocycles. The Hall–Kier alpha value is -0.640. The van der Waals surface area contributed by atoms with Gasteiger partial charge in [-0.3, -0.25) is 4.90 Å². The summed E-state index contributed by atoms with van der Waals surface area (Å²) in [4.78, 5) is 2.53. The lowest BCUT2D eigenvalue weighted by molar-refractivity contribution is 0.190. The number of rotatable bonds is 5. The molecular formula is C16H22ClFN2. The van der Waals surface area contributed by atoms with Gasteiger partial charge in [-0.15, -0.1) is 0 Å². The Balaban J connectivity index is 1.64. The first-order valence-electron chi connectivity index (χ1n) is 7.60. The molecule has 2 fully saturated rings. The predicted molar refractivity (Wildman–Crippen MR) is 80.4 cm³/mol. The van der Waals surface area contributed by atoms with Gasteiger partial charge in [0.05, 0.1) is 0 Å². The Bertz CT molecular complexity index is 436. The average Bonchev–Trinajstić information content (AvgIpc) is 3.22. The van der Waals surface area contributed by atoms with Crippen LogP contribution in [0.2, 0.25) is 5.02 Å². The highest BCUT2D eigenvalue weighted by Gasteiger charge is 2.31. The quantitative estimate of drug-likeness (QED) is 0.895. The van der Waals surface area contributed by atoms with Crippen LogP contribution in [0.25, 0.3) is 0 Å². The molecule has 0 unspecified atom stereocenters. The molecule has 2 aliphatic rings. The van der Waals surface area contributed by atoms with Gasteiger partial charge in [-0.25, -0.2) is 4.39 Å². The van der Waals surface area contributed by atoms with Crippen molar-refractivity contribution in [2.24, 2.45) is 5.92 Å². The second-order valence-electron chi connectivity index (χ2n) is 6.13. The second kappa shape index (κ2) is 6.42. The lowest BCUT2D eigenvalue weighted by Gasteiger charge is -2.30. The summed E-state index contributed by atoms with van der Waals surface area (Å²) in [7, 11) is 0. The van der Waals surface area contributed by atoms with E-state index in [1.165, 1.54) is 31.7 Å². The van der Waals surface area contributed by atoms with Gasteiger partial charge >= 0.3 is 0 Å². The summed E-state index contributed by atoms with van der Waals surface area (Å²) in [6, 6.07) is 5.58. The van der Waals surface area contributed by atoms with Crippen LogP contribution in [0.4, 0.5) is 4.39 Å². The molecule has 110 valence electrons. The molecule has 0 radical (unpaired) electrons. The van der Waals surface area contributed by atoms with Crippen molar-refractivity contribution in [2.75, 3.05) is 19.6 Å². The van der Waals surface area contributed by atoms with Gasteiger partial charge in [-0.1, -0.05) is 11.6 Å². The third kappa shape index (κ3) is 3.94. The van der Waals surface area contributed by atoms with Gasteiger partial charge in [0, 0.05) is 24.2 Å². The summed E-state index contributed by atoms with van der Waals surface area (Å²) in [6.45, 7) is 4.23. The maximum absolute atomic E-state index is 13.4. The smallest absolute Gasteiger partial charge is 0.125 e. The van der Waals surface area contributed by atoms with Crippen molar-refractivity contribution in [3.05, 3.63) is 34.6 Å². The minimum absolute atomic E-state index is 0.231. The Morgan fingerprint density at radius 3 is 2.55 bits per heavy atom. The molecule has 1 heterocycles. The van der Waals surface area contributed by atoms with Gasteiger partial charge < -0.3 is 5.32 Å². The van der Waals surface area contributed by atoms with E-state index in [9.17, 15) is 4.39 Å². The van der Waals surface area contributed by atoms with Crippen LogP contribution in [0.5, 0.6) is 0 Å². The Morgan fingerprint density at radius 2 is 1.90 bits per heavy atom. The molecule has 1 saturated heterocycles. The lowest BCUT2D eigenvalue weighted by atomic mass is 9.97. The summed E-state index contributed by atoms with van der Waals surface area (Å²) >= 11 is 5.95. The van der Waals surface area contributed by atoms with Crippen molar-refractivity contribution in [1.29, 1.82) is 0 Å². The zero-order chi connectivity index (χ0) is 13.9. The van der Waals surface area contributed by atoms with Gasteiger partial charge in [0.2, 0.25) is 0 Å². The predicted octanol–water partition coefficient (Wildman–Crippen LogP) is 3.44. The van der Waals surface area contributed by atoms with Crippen molar-refractivity contribution in [3.63, 3.8) is 0 Å². The first-order chi connectivity index (χ1) is 9.70. The molecule has 1 saturated carbocycles. The fourth-order valence-electron chi connectivity index (χ4n) is 3.12. The van der Waals surface area contributed by atoms with Gasteiger partial charge in [0.15, 0.2) is 0 Å². The zero-order valence-electron chi connectivity index (χ0n) is 11.7. The molecule has 2 nitrogen and oxygen atoms in total. The van der Waals surface area contributed by atoms with E-state index in [4.69, 9.17) is 11.6 Å². The number of nitrogens with one attached hydrogen (secondary N) is 1. The summed E-state index contributed by atoms with van der Waals surface area (Å²) in [5.41, 5.74) is 0.996. The number of hydrogen-bond acceptors (Lipinski definition) is 2. The maximum atomic E-state index is 13.4. The van der Waals surface area contributed by atoms with Crippen LogP contribution in [-0.4, -0.2) is 30.6 Å². The van der Waals surface area contributed by atoms with Crippen LogP contribution < -0.4 is 5.32 Å². The number of hydrogen-bond donors (Lipinski definition) is 1. The van der Waals surface area contributed by atoms with E-state index in [2.05, 4.69) is 10.2 Å². The molecule has 1 aromatic rings. The number of halogens is 2. The zero-order valence-corrected chi connectivity index (χ0v) is 12.5. The third-order valence-electron chi connectivity index (χ3n) is 4.32. The van der Waals surface area contributed by atoms with Crippen LogP contribution in [0.1, 0.15) is 31.2 Å². The van der Waals surface area contributed by atoms with Crippen molar-refractivity contribution >= 4 is 11.6 Å². The van der Waals surface area contributed by atoms with E-state index in [-0.39, 0.29) is 5.82 Å². The first-order valence-corrected chi connectivity index (χ1v) is 7.98. The molecule has 3 rings (SSSR count). The fraction of sp³-hybridized carbons (Fsp3) is 0.625. The SMILES string of the molecule is Fc1cc(Cl)cc(CN(CC2CCNCC2)C2CC2)c1. The Labute approximate surface area is 125 Å². The molecule has 0 aromatic heterocycles. The van der Waals surface area contributed by atoms with Crippen molar-refractivity contribution < 1.29 is 4.39 Å². The van der Waals surface area contributed by atoms with Crippen molar-refractivity contribution in [1.82, 2.24) is 10.2 Å². The Kier molecular flexibility index (Phi) is 4.59. The molecule has 0 amide bonds. The van der Waals surface area contributed by atoms with Crippen LogP contribution in [-0.2, 0) is 6.54 Å². The monoisotopic (exact) mass is 296 g/mol. The van der Waals surface area contributed by atoms with E-state index in [1.807, 2.05) is 6.07 Å². The van der Waals surface area contributed by atoms with Gasteiger partial charge in [0.25, 0.3) is 0 Å². The van der Waals surface area contributed by atoms with Crippen molar-refractivity contribution in [3.8, 4) is 0 Å².